The summed E-state index contributed by atoms with van der Waals surface area (Å²) in [6.45, 7) is 5.31. The number of carboxylic acids is 1. The molecule has 0 heterocycles. The summed E-state index contributed by atoms with van der Waals surface area (Å²) < 4.78 is 32.5. The van der Waals surface area contributed by atoms with Crippen LogP contribution in [0.25, 0.3) is 0 Å². The lowest BCUT2D eigenvalue weighted by atomic mass is 10.1. The van der Waals surface area contributed by atoms with E-state index in [9.17, 15) is 23.1 Å². The third kappa shape index (κ3) is 6.11. The second-order valence-corrected chi connectivity index (χ2v) is 8.60. The highest BCUT2D eigenvalue weighted by atomic mass is 32.2. The van der Waals surface area contributed by atoms with Crippen molar-refractivity contribution in [3.63, 3.8) is 0 Å². The van der Waals surface area contributed by atoms with Crippen molar-refractivity contribution in [2.75, 3.05) is 15.8 Å². The lowest BCUT2D eigenvalue weighted by Gasteiger charge is -2.15. The number of hydrogen-bond donors (Lipinski definition) is 4. The summed E-state index contributed by atoms with van der Waals surface area (Å²) >= 11 is 0. The van der Waals surface area contributed by atoms with Crippen molar-refractivity contribution in [2.24, 2.45) is 0 Å². The molecule has 0 bridgehead atoms. The van der Waals surface area contributed by atoms with Gasteiger partial charge in [-0.1, -0.05) is 13.3 Å². The van der Waals surface area contributed by atoms with Gasteiger partial charge in [-0.25, -0.2) is 13.2 Å². The quantitative estimate of drug-likeness (QED) is 0.367. The zero-order valence-corrected chi connectivity index (χ0v) is 17.7. The van der Waals surface area contributed by atoms with Gasteiger partial charge in [0.25, 0.3) is 0 Å². The van der Waals surface area contributed by atoms with Crippen LogP contribution in [0.2, 0.25) is 0 Å². The molecule has 1 amide bonds. The third-order valence-corrected chi connectivity index (χ3v) is 5.49. The Hall–Kier alpha value is -3.27. The van der Waals surface area contributed by atoms with E-state index in [2.05, 4.69) is 10.0 Å². The molecule has 30 heavy (non-hydrogen) atoms. The Bertz CT molecular complexity index is 1040. The van der Waals surface area contributed by atoms with Gasteiger partial charge >= 0.3 is 11.9 Å². The van der Waals surface area contributed by atoms with Crippen molar-refractivity contribution < 1.29 is 33.0 Å². The first-order valence-electron chi connectivity index (χ1n) is 9.19. The monoisotopic (exact) mass is 436 g/mol. The summed E-state index contributed by atoms with van der Waals surface area (Å²) in [5.41, 5.74) is 1.55. The van der Waals surface area contributed by atoms with Gasteiger partial charge in [-0.3, -0.25) is 9.52 Å². The molecule has 2 rings (SSSR count). The van der Waals surface area contributed by atoms with Gasteiger partial charge in [-0.15, -0.1) is 0 Å². The number of ether oxygens (including phenoxy) is 1. The Balaban J connectivity index is 2.26. The highest BCUT2D eigenvalue weighted by molar-refractivity contribution is 7.92. The van der Waals surface area contributed by atoms with Gasteiger partial charge in [0.15, 0.2) is 0 Å². The fraction of sp³-hybridized carbons (Fsp3) is 0.300. The van der Waals surface area contributed by atoms with Gasteiger partial charge in [0.2, 0.25) is 10.0 Å². The van der Waals surface area contributed by atoms with E-state index in [0.717, 1.165) is 6.42 Å². The number of sulfonamides is 1. The average molecular weight is 436 g/mol. The zero-order chi connectivity index (χ0) is 22.5. The number of benzene rings is 2. The summed E-state index contributed by atoms with van der Waals surface area (Å²) in [4.78, 5) is 22.0. The molecule has 0 aliphatic heterocycles. The molecule has 0 aliphatic rings. The number of amides is 1. The second kappa shape index (κ2) is 9.49. The topological polar surface area (TPSA) is 142 Å². The summed E-state index contributed by atoms with van der Waals surface area (Å²) in [5.74, 6) is -2.30. The normalized spacial score (nSPS) is 11.0. The number of nitrogens with one attached hydrogen (secondary N) is 2. The number of phenols is 1. The SMILES string of the molecule is CCCCS(=O)(=O)Nc1cc(Oc2c(C)cc(NC(=O)C(=O)O)cc2C)ccc1O. The predicted octanol–water partition coefficient (Wildman–Crippen LogP) is 3.37. The minimum atomic E-state index is -3.60. The molecule has 0 atom stereocenters. The largest absolute Gasteiger partial charge is 0.506 e. The number of carbonyl (C=O) groups is 2. The van der Waals surface area contributed by atoms with Crippen LogP contribution in [0.5, 0.6) is 17.2 Å². The van der Waals surface area contributed by atoms with Crippen molar-refractivity contribution in [3.05, 3.63) is 41.5 Å². The maximum Gasteiger partial charge on any atom is 0.394 e. The van der Waals surface area contributed by atoms with E-state index in [4.69, 9.17) is 9.84 Å². The molecule has 0 unspecified atom stereocenters. The molecule has 0 saturated heterocycles. The van der Waals surface area contributed by atoms with Crippen LogP contribution >= 0.6 is 0 Å². The number of rotatable bonds is 8. The number of carbonyl (C=O) groups excluding carboxylic acids is 1. The maximum atomic E-state index is 12.1. The second-order valence-electron chi connectivity index (χ2n) is 6.75. The van der Waals surface area contributed by atoms with Gasteiger partial charge < -0.3 is 20.3 Å². The van der Waals surface area contributed by atoms with E-state index < -0.39 is 21.9 Å². The van der Waals surface area contributed by atoms with Crippen molar-refractivity contribution in [3.8, 4) is 17.2 Å². The van der Waals surface area contributed by atoms with Gasteiger partial charge in [0.05, 0.1) is 11.4 Å². The van der Waals surface area contributed by atoms with Crippen LogP contribution in [-0.2, 0) is 19.6 Å². The van der Waals surface area contributed by atoms with Crippen molar-refractivity contribution in [1.82, 2.24) is 0 Å². The highest BCUT2D eigenvalue weighted by Gasteiger charge is 2.16. The summed E-state index contributed by atoms with van der Waals surface area (Å²) in [7, 11) is -3.60. The Kier molecular flexibility index (Phi) is 7.28. The molecular formula is C20H24N2O7S. The number of aliphatic carboxylic acids is 1. The fourth-order valence-corrected chi connectivity index (χ4v) is 3.97. The first-order valence-corrected chi connectivity index (χ1v) is 10.8. The third-order valence-electron chi connectivity index (χ3n) is 4.13. The standard InChI is InChI=1S/C20H24N2O7S/c1-4-5-8-30(27,28)22-16-11-15(6-7-17(16)23)29-18-12(2)9-14(10-13(18)3)21-19(24)20(25)26/h6-7,9-11,22-23H,4-5,8H2,1-3H3,(H,21,24)(H,25,26). The first kappa shape index (κ1) is 23.0. The van der Waals surface area contributed by atoms with Crippen LogP contribution in [0.4, 0.5) is 11.4 Å². The van der Waals surface area contributed by atoms with Crippen LogP contribution in [-0.4, -0.2) is 36.3 Å². The van der Waals surface area contributed by atoms with Gasteiger partial charge in [0, 0.05) is 11.8 Å². The number of hydrogen-bond acceptors (Lipinski definition) is 6. The molecule has 0 spiro atoms. The van der Waals surface area contributed by atoms with Crippen LogP contribution in [0, 0.1) is 13.8 Å². The molecule has 9 nitrogen and oxygen atoms in total. The fourth-order valence-electron chi connectivity index (χ4n) is 2.70. The number of phenolic OH excluding ortho intramolecular Hbond substituents is 1. The van der Waals surface area contributed by atoms with Crippen LogP contribution < -0.4 is 14.8 Å². The van der Waals surface area contributed by atoms with E-state index >= 15 is 0 Å². The van der Waals surface area contributed by atoms with Crippen molar-refractivity contribution in [2.45, 2.75) is 33.6 Å². The molecule has 0 fully saturated rings. The molecule has 0 aromatic heterocycles. The van der Waals surface area contributed by atoms with E-state index in [1.54, 1.807) is 26.0 Å². The van der Waals surface area contributed by atoms with E-state index in [-0.39, 0.29) is 22.9 Å². The van der Waals surface area contributed by atoms with Gasteiger partial charge in [-0.2, -0.15) is 0 Å². The lowest BCUT2D eigenvalue weighted by Crippen LogP contribution is -2.21. The average Bonchev–Trinajstić information content (AvgIpc) is 2.65. The molecule has 10 heteroatoms. The minimum Gasteiger partial charge on any atom is -0.506 e. The van der Waals surface area contributed by atoms with Crippen LogP contribution in [0.1, 0.15) is 30.9 Å². The molecule has 0 aliphatic carbocycles. The molecule has 0 saturated carbocycles. The summed E-state index contributed by atoms with van der Waals surface area (Å²) in [6, 6.07) is 7.28. The summed E-state index contributed by atoms with van der Waals surface area (Å²) in [6.07, 6.45) is 1.22. The zero-order valence-electron chi connectivity index (χ0n) is 16.9. The Morgan fingerprint density at radius 1 is 1.10 bits per heavy atom. The first-order chi connectivity index (χ1) is 14.0. The molecule has 2 aromatic carbocycles. The molecular weight excluding hydrogens is 412 g/mol. The van der Waals surface area contributed by atoms with E-state index in [1.165, 1.54) is 18.2 Å². The minimum absolute atomic E-state index is 0.00394. The van der Waals surface area contributed by atoms with E-state index in [1.807, 2.05) is 6.92 Å². The number of aromatic hydroxyl groups is 1. The van der Waals surface area contributed by atoms with Crippen LogP contribution in [0.3, 0.4) is 0 Å². The smallest absolute Gasteiger partial charge is 0.394 e. The summed E-state index contributed by atoms with van der Waals surface area (Å²) in [5, 5.41) is 21.0. The number of anilines is 2. The maximum absolute atomic E-state index is 12.1. The van der Waals surface area contributed by atoms with Crippen molar-refractivity contribution >= 4 is 33.3 Å². The number of unbranched alkanes of at least 4 members (excludes halogenated alkanes) is 1. The van der Waals surface area contributed by atoms with Gasteiger partial charge in [0.1, 0.15) is 17.2 Å². The molecule has 2 aromatic rings. The van der Waals surface area contributed by atoms with Crippen molar-refractivity contribution in [1.29, 1.82) is 0 Å². The molecule has 4 N–H and O–H groups in total. The van der Waals surface area contributed by atoms with E-state index in [0.29, 0.717) is 29.0 Å². The molecule has 162 valence electrons. The highest BCUT2D eigenvalue weighted by Crippen LogP contribution is 2.35. The Morgan fingerprint density at radius 3 is 2.30 bits per heavy atom. The lowest BCUT2D eigenvalue weighted by molar-refractivity contribution is -0.147. The number of aryl methyl sites for hydroxylation is 2. The van der Waals surface area contributed by atoms with Gasteiger partial charge in [-0.05, 0) is 55.7 Å². The molecule has 0 radical (unpaired) electrons. The Labute approximate surface area is 174 Å². The Morgan fingerprint density at radius 2 is 1.73 bits per heavy atom. The van der Waals surface area contributed by atoms with Crippen LogP contribution in [0.15, 0.2) is 30.3 Å². The number of carboxylic acid groups (broad SMARTS) is 1. The predicted molar refractivity (Wildman–Crippen MR) is 113 cm³/mol.